The lowest BCUT2D eigenvalue weighted by atomic mass is 10.0. The van der Waals surface area contributed by atoms with E-state index in [1.165, 1.54) is 0 Å². The number of carboxylic acid groups (broad SMARTS) is 1. The smallest absolute Gasteiger partial charge is 0.335 e. The average molecular weight is 299 g/mol. The van der Waals surface area contributed by atoms with Gasteiger partial charge in [-0.05, 0) is 55.9 Å². The molecule has 0 bridgehead atoms. The molecule has 1 N–H and O–H groups in total. The predicted octanol–water partition coefficient (Wildman–Crippen LogP) is 3.38. The first-order valence-electron chi connectivity index (χ1n) is 7.27. The van der Waals surface area contributed by atoms with Crippen LogP contribution in [0, 0.1) is 0 Å². The Kier molecular flexibility index (Phi) is 5.55. The number of benzene rings is 2. The van der Waals surface area contributed by atoms with Gasteiger partial charge in [-0.25, -0.2) is 4.79 Å². The van der Waals surface area contributed by atoms with Crippen LogP contribution in [0.2, 0.25) is 0 Å². The Hall–Kier alpha value is -2.33. The Morgan fingerprint density at radius 1 is 1.09 bits per heavy atom. The lowest BCUT2D eigenvalue weighted by Crippen LogP contribution is -2.15. The minimum atomic E-state index is -0.912. The number of carboxylic acids is 1. The lowest BCUT2D eigenvalue weighted by Gasteiger charge is -2.11. The molecule has 0 aliphatic heterocycles. The summed E-state index contributed by atoms with van der Waals surface area (Å²) in [6.45, 7) is 1.68. The monoisotopic (exact) mass is 299 g/mol. The average Bonchev–Trinajstić information content (AvgIpc) is 2.52. The molecule has 0 heterocycles. The minimum absolute atomic E-state index is 0.292. The molecular weight excluding hydrogens is 278 g/mol. The Morgan fingerprint density at radius 3 is 2.45 bits per heavy atom. The standard InChI is InChI=1S/C18H21NO3/c1-19(2)11-4-12-22-17-6-3-5-16(13-17)14-7-9-15(10-8-14)18(20)21/h3,5-10,13H,4,11-12H2,1-2H3,(H,20,21). The van der Waals surface area contributed by atoms with E-state index in [9.17, 15) is 4.79 Å². The van der Waals surface area contributed by atoms with Gasteiger partial charge in [0.15, 0.2) is 0 Å². The third kappa shape index (κ3) is 4.60. The number of hydrogen-bond acceptors (Lipinski definition) is 3. The first-order valence-corrected chi connectivity index (χ1v) is 7.27. The fourth-order valence-corrected chi connectivity index (χ4v) is 2.14. The molecule has 0 radical (unpaired) electrons. The van der Waals surface area contributed by atoms with E-state index in [1.807, 2.05) is 50.5 Å². The molecule has 0 saturated carbocycles. The Morgan fingerprint density at radius 2 is 1.82 bits per heavy atom. The van der Waals surface area contributed by atoms with Crippen LogP contribution in [0.15, 0.2) is 48.5 Å². The molecule has 0 aliphatic rings. The van der Waals surface area contributed by atoms with Gasteiger partial charge in [-0.1, -0.05) is 24.3 Å². The highest BCUT2D eigenvalue weighted by atomic mass is 16.5. The first kappa shape index (κ1) is 16.0. The van der Waals surface area contributed by atoms with E-state index < -0.39 is 5.97 Å². The van der Waals surface area contributed by atoms with E-state index in [0.717, 1.165) is 29.8 Å². The highest BCUT2D eigenvalue weighted by Crippen LogP contribution is 2.24. The summed E-state index contributed by atoms with van der Waals surface area (Å²) >= 11 is 0. The fraction of sp³-hybridized carbons (Fsp3) is 0.278. The van der Waals surface area contributed by atoms with Gasteiger partial charge in [-0.3, -0.25) is 0 Å². The third-order valence-electron chi connectivity index (χ3n) is 3.32. The number of rotatable bonds is 7. The van der Waals surface area contributed by atoms with Gasteiger partial charge in [0.1, 0.15) is 5.75 Å². The maximum Gasteiger partial charge on any atom is 0.335 e. The predicted molar refractivity (Wildman–Crippen MR) is 87.5 cm³/mol. The van der Waals surface area contributed by atoms with Crippen LogP contribution in [0.25, 0.3) is 11.1 Å². The number of aromatic carboxylic acids is 1. The van der Waals surface area contributed by atoms with Crippen molar-refractivity contribution < 1.29 is 14.6 Å². The summed E-state index contributed by atoms with van der Waals surface area (Å²) in [5.74, 6) is -0.0805. The molecule has 2 aromatic carbocycles. The minimum Gasteiger partial charge on any atom is -0.494 e. The molecule has 4 heteroatoms. The second-order valence-corrected chi connectivity index (χ2v) is 5.42. The maximum atomic E-state index is 10.9. The van der Waals surface area contributed by atoms with Gasteiger partial charge in [0, 0.05) is 6.54 Å². The summed E-state index contributed by atoms with van der Waals surface area (Å²) in [7, 11) is 4.09. The van der Waals surface area contributed by atoms with Crippen molar-refractivity contribution in [1.82, 2.24) is 4.90 Å². The van der Waals surface area contributed by atoms with Crippen LogP contribution in [-0.2, 0) is 0 Å². The van der Waals surface area contributed by atoms with Crippen molar-refractivity contribution >= 4 is 5.97 Å². The zero-order chi connectivity index (χ0) is 15.9. The highest BCUT2D eigenvalue weighted by Gasteiger charge is 2.04. The van der Waals surface area contributed by atoms with Gasteiger partial charge in [-0.2, -0.15) is 0 Å². The molecule has 0 atom stereocenters. The maximum absolute atomic E-state index is 10.9. The van der Waals surface area contributed by atoms with Crippen LogP contribution in [0.3, 0.4) is 0 Å². The van der Waals surface area contributed by atoms with Gasteiger partial charge in [0.05, 0.1) is 12.2 Å². The number of hydrogen-bond donors (Lipinski definition) is 1. The van der Waals surface area contributed by atoms with Crippen molar-refractivity contribution in [3.8, 4) is 16.9 Å². The second kappa shape index (κ2) is 7.61. The van der Waals surface area contributed by atoms with Crippen LogP contribution in [0.1, 0.15) is 16.8 Å². The largest absolute Gasteiger partial charge is 0.494 e. The van der Waals surface area contributed by atoms with Gasteiger partial charge >= 0.3 is 5.97 Å². The molecule has 2 rings (SSSR count). The molecule has 116 valence electrons. The van der Waals surface area contributed by atoms with Crippen molar-refractivity contribution in [3.05, 3.63) is 54.1 Å². The molecule has 0 aromatic heterocycles. The Labute approximate surface area is 131 Å². The topological polar surface area (TPSA) is 49.8 Å². The third-order valence-corrected chi connectivity index (χ3v) is 3.32. The lowest BCUT2D eigenvalue weighted by molar-refractivity contribution is 0.0697. The summed E-state index contributed by atoms with van der Waals surface area (Å²) in [5, 5.41) is 8.93. The van der Waals surface area contributed by atoms with Crippen molar-refractivity contribution in [2.45, 2.75) is 6.42 Å². The van der Waals surface area contributed by atoms with Gasteiger partial charge in [0.25, 0.3) is 0 Å². The van der Waals surface area contributed by atoms with E-state index in [-0.39, 0.29) is 0 Å². The molecule has 0 fully saturated rings. The first-order chi connectivity index (χ1) is 10.6. The van der Waals surface area contributed by atoms with E-state index in [4.69, 9.17) is 9.84 Å². The van der Waals surface area contributed by atoms with Crippen LogP contribution in [0.4, 0.5) is 0 Å². The van der Waals surface area contributed by atoms with E-state index >= 15 is 0 Å². The molecule has 0 spiro atoms. The van der Waals surface area contributed by atoms with Gasteiger partial charge in [0.2, 0.25) is 0 Å². The Bertz CT molecular complexity index is 620. The Balaban J connectivity index is 2.03. The summed E-state index contributed by atoms with van der Waals surface area (Å²) in [6, 6.07) is 14.7. The fourth-order valence-electron chi connectivity index (χ4n) is 2.14. The summed E-state index contributed by atoms with van der Waals surface area (Å²) in [6.07, 6.45) is 0.977. The number of nitrogens with zero attached hydrogens (tertiary/aromatic N) is 1. The van der Waals surface area contributed by atoms with Crippen molar-refractivity contribution in [2.75, 3.05) is 27.2 Å². The van der Waals surface area contributed by atoms with Crippen molar-refractivity contribution in [2.24, 2.45) is 0 Å². The summed E-state index contributed by atoms with van der Waals surface area (Å²) < 4.78 is 5.76. The zero-order valence-corrected chi connectivity index (χ0v) is 13.0. The number of ether oxygens (including phenoxy) is 1. The van der Waals surface area contributed by atoms with Crippen LogP contribution < -0.4 is 4.74 Å². The van der Waals surface area contributed by atoms with E-state index in [1.54, 1.807) is 12.1 Å². The quantitative estimate of drug-likeness (QED) is 0.796. The van der Waals surface area contributed by atoms with E-state index in [0.29, 0.717) is 12.2 Å². The van der Waals surface area contributed by atoms with Crippen LogP contribution >= 0.6 is 0 Å². The zero-order valence-electron chi connectivity index (χ0n) is 13.0. The van der Waals surface area contributed by atoms with Crippen LogP contribution in [-0.4, -0.2) is 43.2 Å². The molecule has 22 heavy (non-hydrogen) atoms. The SMILES string of the molecule is CN(C)CCCOc1cccc(-c2ccc(C(=O)O)cc2)c1. The van der Waals surface area contributed by atoms with E-state index in [2.05, 4.69) is 4.90 Å². The van der Waals surface area contributed by atoms with Gasteiger partial charge < -0.3 is 14.7 Å². The van der Waals surface area contributed by atoms with Crippen LogP contribution in [0.5, 0.6) is 5.75 Å². The normalized spacial score (nSPS) is 10.7. The van der Waals surface area contributed by atoms with Crippen molar-refractivity contribution in [3.63, 3.8) is 0 Å². The molecule has 0 unspecified atom stereocenters. The molecule has 0 amide bonds. The molecule has 2 aromatic rings. The summed E-state index contributed by atoms with van der Waals surface area (Å²) in [4.78, 5) is 13.0. The molecule has 0 aliphatic carbocycles. The molecular formula is C18H21NO3. The number of carbonyl (C=O) groups is 1. The van der Waals surface area contributed by atoms with Crippen molar-refractivity contribution in [1.29, 1.82) is 0 Å². The summed E-state index contributed by atoms with van der Waals surface area (Å²) in [5.41, 5.74) is 2.28. The van der Waals surface area contributed by atoms with Gasteiger partial charge in [-0.15, -0.1) is 0 Å². The highest BCUT2D eigenvalue weighted by molar-refractivity contribution is 5.88. The second-order valence-electron chi connectivity index (χ2n) is 5.42. The molecule has 4 nitrogen and oxygen atoms in total. The molecule has 0 saturated heterocycles.